The Balaban J connectivity index is 1.90. The van der Waals surface area contributed by atoms with Gasteiger partial charge in [-0.25, -0.2) is 0 Å². The van der Waals surface area contributed by atoms with Crippen LogP contribution in [0.25, 0.3) is 0 Å². The van der Waals surface area contributed by atoms with Crippen LogP contribution < -0.4 is 5.32 Å². The molecule has 0 aromatic rings. The molecule has 2 saturated heterocycles. The summed E-state index contributed by atoms with van der Waals surface area (Å²) < 4.78 is 0. The van der Waals surface area contributed by atoms with E-state index in [1.54, 1.807) is 4.90 Å². The average molecular weight is 225 g/mol. The second-order valence-corrected chi connectivity index (χ2v) is 4.00. The van der Waals surface area contributed by atoms with Crippen LogP contribution in [0.3, 0.4) is 0 Å². The van der Waals surface area contributed by atoms with Crippen LogP contribution in [0.4, 0.5) is 0 Å². The highest BCUT2D eigenvalue weighted by Crippen LogP contribution is 2.11. The standard InChI is InChI=1S/C10H15N3O3/c14-8-1-2-9(15)13(8)7-10(16)12-5-3-11-4-6-12/h11H,1-7H2. The fraction of sp³-hybridized carbons (Fsp3) is 0.700. The van der Waals surface area contributed by atoms with Gasteiger partial charge in [-0.1, -0.05) is 0 Å². The van der Waals surface area contributed by atoms with Gasteiger partial charge < -0.3 is 10.2 Å². The van der Waals surface area contributed by atoms with Crippen LogP contribution in [0.15, 0.2) is 0 Å². The van der Waals surface area contributed by atoms with Crippen molar-refractivity contribution in [1.29, 1.82) is 0 Å². The molecule has 2 heterocycles. The van der Waals surface area contributed by atoms with E-state index in [9.17, 15) is 14.4 Å². The van der Waals surface area contributed by atoms with Crippen LogP contribution in [-0.2, 0) is 14.4 Å². The number of rotatable bonds is 2. The van der Waals surface area contributed by atoms with E-state index in [2.05, 4.69) is 5.32 Å². The Kier molecular flexibility index (Phi) is 3.19. The normalized spacial score (nSPS) is 21.8. The maximum atomic E-state index is 11.8. The predicted molar refractivity (Wildman–Crippen MR) is 55.4 cm³/mol. The number of hydrogen-bond donors (Lipinski definition) is 1. The summed E-state index contributed by atoms with van der Waals surface area (Å²) in [7, 11) is 0. The first kappa shape index (κ1) is 11.1. The van der Waals surface area contributed by atoms with Gasteiger partial charge in [0.05, 0.1) is 0 Å². The van der Waals surface area contributed by atoms with E-state index >= 15 is 0 Å². The molecule has 0 radical (unpaired) electrons. The number of likely N-dealkylation sites (tertiary alicyclic amines) is 1. The summed E-state index contributed by atoms with van der Waals surface area (Å²) in [5.74, 6) is -0.591. The smallest absolute Gasteiger partial charge is 0.242 e. The lowest BCUT2D eigenvalue weighted by molar-refractivity contribution is -0.145. The molecular formula is C10H15N3O3. The van der Waals surface area contributed by atoms with E-state index in [0.717, 1.165) is 18.0 Å². The molecule has 88 valence electrons. The van der Waals surface area contributed by atoms with Crippen LogP contribution >= 0.6 is 0 Å². The molecule has 0 bridgehead atoms. The van der Waals surface area contributed by atoms with Gasteiger partial charge in [-0.3, -0.25) is 19.3 Å². The number of carbonyl (C=O) groups excluding carboxylic acids is 3. The highest BCUT2D eigenvalue weighted by Gasteiger charge is 2.31. The third kappa shape index (κ3) is 2.21. The molecule has 6 heteroatoms. The van der Waals surface area contributed by atoms with Crippen molar-refractivity contribution in [3.05, 3.63) is 0 Å². The molecule has 0 spiro atoms. The van der Waals surface area contributed by atoms with Crippen LogP contribution in [0.1, 0.15) is 12.8 Å². The molecule has 2 fully saturated rings. The van der Waals surface area contributed by atoms with E-state index in [-0.39, 0.29) is 37.1 Å². The summed E-state index contributed by atoms with van der Waals surface area (Å²) in [6.45, 7) is 2.75. The molecule has 2 aliphatic rings. The first-order chi connectivity index (χ1) is 7.68. The Morgan fingerprint density at radius 1 is 1.12 bits per heavy atom. The SMILES string of the molecule is O=C(CN1C(=O)CCC1=O)N1CCNCC1. The number of carbonyl (C=O) groups is 3. The highest BCUT2D eigenvalue weighted by molar-refractivity contribution is 6.04. The molecule has 0 saturated carbocycles. The molecule has 0 aromatic heterocycles. The molecule has 6 nitrogen and oxygen atoms in total. The molecule has 0 aromatic carbocycles. The fourth-order valence-corrected chi connectivity index (χ4v) is 1.95. The molecule has 2 rings (SSSR count). The minimum Gasteiger partial charge on any atom is -0.339 e. The zero-order valence-corrected chi connectivity index (χ0v) is 9.07. The van der Waals surface area contributed by atoms with Crippen molar-refractivity contribution >= 4 is 17.7 Å². The molecule has 0 aliphatic carbocycles. The van der Waals surface area contributed by atoms with E-state index in [1.807, 2.05) is 0 Å². The lowest BCUT2D eigenvalue weighted by atomic mass is 10.3. The zero-order valence-electron chi connectivity index (χ0n) is 9.07. The Morgan fingerprint density at radius 2 is 1.69 bits per heavy atom. The van der Waals surface area contributed by atoms with Gasteiger partial charge >= 0.3 is 0 Å². The monoisotopic (exact) mass is 225 g/mol. The van der Waals surface area contributed by atoms with Crippen molar-refractivity contribution in [3.8, 4) is 0 Å². The fourth-order valence-electron chi connectivity index (χ4n) is 1.95. The third-order valence-electron chi connectivity index (χ3n) is 2.92. The van der Waals surface area contributed by atoms with Crippen LogP contribution in [-0.4, -0.2) is 60.2 Å². The Hall–Kier alpha value is -1.43. The molecule has 0 unspecified atom stereocenters. The van der Waals surface area contributed by atoms with Gasteiger partial charge in [-0.15, -0.1) is 0 Å². The van der Waals surface area contributed by atoms with Crippen LogP contribution in [0, 0.1) is 0 Å². The number of imide groups is 1. The lowest BCUT2D eigenvalue weighted by Gasteiger charge is -2.28. The second kappa shape index (κ2) is 4.61. The summed E-state index contributed by atoms with van der Waals surface area (Å²) in [5, 5.41) is 3.14. The molecule has 16 heavy (non-hydrogen) atoms. The number of amides is 3. The van der Waals surface area contributed by atoms with Crippen LogP contribution in [0.5, 0.6) is 0 Å². The minimum atomic E-state index is -0.228. The van der Waals surface area contributed by atoms with Crippen molar-refractivity contribution in [2.75, 3.05) is 32.7 Å². The van der Waals surface area contributed by atoms with Crippen molar-refractivity contribution in [2.24, 2.45) is 0 Å². The summed E-state index contributed by atoms with van der Waals surface area (Å²) in [6.07, 6.45) is 0.487. The van der Waals surface area contributed by atoms with Crippen molar-refractivity contribution in [2.45, 2.75) is 12.8 Å². The Bertz CT molecular complexity index is 307. The van der Waals surface area contributed by atoms with Gasteiger partial charge in [0, 0.05) is 39.0 Å². The number of piperazine rings is 1. The van der Waals surface area contributed by atoms with E-state index < -0.39 is 0 Å². The van der Waals surface area contributed by atoms with E-state index in [1.165, 1.54) is 0 Å². The zero-order chi connectivity index (χ0) is 11.5. The number of nitrogens with zero attached hydrogens (tertiary/aromatic N) is 2. The molecule has 1 N–H and O–H groups in total. The quantitative estimate of drug-likeness (QED) is 0.585. The van der Waals surface area contributed by atoms with Gasteiger partial charge in [0.15, 0.2) is 0 Å². The van der Waals surface area contributed by atoms with E-state index in [4.69, 9.17) is 0 Å². The predicted octanol–water partition coefficient (Wildman–Crippen LogP) is -1.43. The third-order valence-corrected chi connectivity index (χ3v) is 2.92. The molecular weight excluding hydrogens is 210 g/mol. The minimum absolute atomic E-state index is 0.0856. The summed E-state index contributed by atoms with van der Waals surface area (Å²) in [4.78, 5) is 37.2. The first-order valence-electron chi connectivity index (χ1n) is 5.50. The van der Waals surface area contributed by atoms with Gasteiger partial charge in [0.1, 0.15) is 6.54 Å². The Labute approximate surface area is 93.6 Å². The second-order valence-electron chi connectivity index (χ2n) is 4.00. The molecule has 0 atom stereocenters. The Morgan fingerprint density at radius 3 is 2.25 bits per heavy atom. The van der Waals surface area contributed by atoms with E-state index in [0.29, 0.717) is 13.1 Å². The number of hydrogen-bond acceptors (Lipinski definition) is 4. The molecule has 2 aliphatic heterocycles. The lowest BCUT2D eigenvalue weighted by Crippen LogP contribution is -2.50. The average Bonchev–Trinajstić information content (AvgIpc) is 2.62. The summed E-state index contributed by atoms with van der Waals surface area (Å²) in [6, 6.07) is 0. The maximum absolute atomic E-state index is 11.8. The number of nitrogens with one attached hydrogen (secondary N) is 1. The largest absolute Gasteiger partial charge is 0.339 e. The van der Waals surface area contributed by atoms with Gasteiger partial charge in [0.2, 0.25) is 17.7 Å². The molecule has 3 amide bonds. The van der Waals surface area contributed by atoms with Gasteiger partial charge in [-0.05, 0) is 0 Å². The topological polar surface area (TPSA) is 69.7 Å². The van der Waals surface area contributed by atoms with Gasteiger partial charge in [0.25, 0.3) is 0 Å². The first-order valence-corrected chi connectivity index (χ1v) is 5.50. The maximum Gasteiger partial charge on any atom is 0.242 e. The highest BCUT2D eigenvalue weighted by atomic mass is 16.2. The van der Waals surface area contributed by atoms with Crippen molar-refractivity contribution in [1.82, 2.24) is 15.1 Å². The summed E-state index contributed by atoms with van der Waals surface area (Å²) >= 11 is 0. The van der Waals surface area contributed by atoms with Crippen molar-refractivity contribution < 1.29 is 14.4 Å². The van der Waals surface area contributed by atoms with Gasteiger partial charge in [-0.2, -0.15) is 0 Å². The van der Waals surface area contributed by atoms with Crippen molar-refractivity contribution in [3.63, 3.8) is 0 Å². The van der Waals surface area contributed by atoms with Crippen LogP contribution in [0.2, 0.25) is 0 Å². The summed E-state index contributed by atoms with van der Waals surface area (Å²) in [5.41, 5.74) is 0.